The van der Waals surface area contributed by atoms with Gasteiger partial charge in [-0.1, -0.05) is 17.3 Å². The van der Waals surface area contributed by atoms with Crippen LogP contribution in [0, 0.1) is 4.91 Å². The molecule has 132 valence electrons. The number of phenolic OH excluding ortho intramolecular Hbond substituents is 1. The summed E-state index contributed by atoms with van der Waals surface area (Å²) >= 11 is 0. The minimum atomic E-state index is -4.62. The van der Waals surface area contributed by atoms with E-state index in [2.05, 4.69) is 5.18 Å². The summed E-state index contributed by atoms with van der Waals surface area (Å²) in [5.41, 5.74) is -2.33. The molecule has 2 aromatic carbocycles. The number of benzene rings is 2. The molecule has 2 aliphatic rings. The van der Waals surface area contributed by atoms with Gasteiger partial charge in [-0.2, -0.15) is 13.2 Å². The van der Waals surface area contributed by atoms with Crippen molar-refractivity contribution in [3.05, 3.63) is 70.4 Å². The van der Waals surface area contributed by atoms with Gasteiger partial charge in [0.1, 0.15) is 22.8 Å². The number of nitroso groups, excluding NO2 is 1. The van der Waals surface area contributed by atoms with Crippen LogP contribution in [0.3, 0.4) is 0 Å². The number of phenols is 1. The number of hydrogen-bond acceptors (Lipinski definition) is 4. The molecule has 0 amide bonds. The first kappa shape index (κ1) is 16.4. The molecule has 2 aromatic rings. The Morgan fingerprint density at radius 3 is 2.65 bits per heavy atom. The van der Waals surface area contributed by atoms with Gasteiger partial charge in [0.15, 0.2) is 0 Å². The number of aromatic hydroxyl groups is 1. The molecular formula is C19H12F3NO3. The van der Waals surface area contributed by atoms with Crippen LogP contribution in [0.15, 0.2) is 65.1 Å². The van der Waals surface area contributed by atoms with Crippen LogP contribution in [0.4, 0.5) is 13.2 Å². The molecule has 7 heteroatoms. The standard InChI is InChI=1S/C19H12F3NO3/c1-18(23-25)7-6-13-15(9-18)26-17-12-5-3-11(24)8-10(12)2-4-14(17)16(13)19(20,21)22/h2-9,24H,1H3. The summed E-state index contributed by atoms with van der Waals surface area (Å²) in [7, 11) is 0. The topological polar surface area (TPSA) is 58.9 Å². The Morgan fingerprint density at radius 1 is 1.19 bits per heavy atom. The van der Waals surface area contributed by atoms with Crippen LogP contribution in [0.5, 0.6) is 11.5 Å². The maximum Gasteiger partial charge on any atom is 0.417 e. The van der Waals surface area contributed by atoms with Gasteiger partial charge in [-0.05, 0) is 48.7 Å². The first-order valence-electron chi connectivity index (χ1n) is 7.74. The highest BCUT2D eigenvalue weighted by Crippen LogP contribution is 2.50. The first-order chi connectivity index (χ1) is 12.2. The molecule has 0 saturated carbocycles. The van der Waals surface area contributed by atoms with Gasteiger partial charge in [0.2, 0.25) is 0 Å². The number of nitrogens with zero attached hydrogens (tertiary/aromatic N) is 1. The zero-order chi connectivity index (χ0) is 18.7. The Balaban J connectivity index is 2.06. The molecule has 1 aliphatic heterocycles. The summed E-state index contributed by atoms with van der Waals surface area (Å²) < 4.78 is 47.3. The molecule has 1 unspecified atom stereocenters. The van der Waals surface area contributed by atoms with Gasteiger partial charge in [0.05, 0.1) is 5.57 Å². The average molecular weight is 359 g/mol. The maximum atomic E-state index is 13.8. The van der Waals surface area contributed by atoms with E-state index in [0.29, 0.717) is 10.8 Å². The third-order valence-electron chi connectivity index (χ3n) is 4.46. The van der Waals surface area contributed by atoms with Crippen LogP contribution in [-0.2, 0) is 0 Å². The van der Waals surface area contributed by atoms with Crippen LogP contribution in [0.25, 0.3) is 16.3 Å². The molecule has 0 spiro atoms. The second kappa shape index (κ2) is 5.20. The fraction of sp³-hybridized carbons (Fsp3) is 0.158. The van der Waals surface area contributed by atoms with Gasteiger partial charge in [-0.25, -0.2) is 0 Å². The van der Waals surface area contributed by atoms with Crippen molar-refractivity contribution in [3.63, 3.8) is 0 Å². The Hall–Kier alpha value is -3.09. The van der Waals surface area contributed by atoms with Crippen LogP contribution in [0.1, 0.15) is 12.5 Å². The van der Waals surface area contributed by atoms with E-state index in [1.807, 2.05) is 0 Å². The lowest BCUT2D eigenvalue weighted by molar-refractivity contribution is -0.0697. The van der Waals surface area contributed by atoms with Crippen molar-refractivity contribution >= 4 is 16.3 Å². The highest BCUT2D eigenvalue weighted by atomic mass is 19.4. The van der Waals surface area contributed by atoms with Crippen LogP contribution >= 0.6 is 0 Å². The monoisotopic (exact) mass is 359 g/mol. The van der Waals surface area contributed by atoms with Crippen LogP contribution in [0.2, 0.25) is 0 Å². The number of fused-ring (bicyclic) bond motifs is 4. The fourth-order valence-corrected chi connectivity index (χ4v) is 3.23. The van der Waals surface area contributed by atoms with Gasteiger partial charge in [-0.3, -0.25) is 0 Å². The summed E-state index contributed by atoms with van der Waals surface area (Å²) in [5.74, 6) is -0.0264. The van der Waals surface area contributed by atoms with E-state index in [1.54, 1.807) is 0 Å². The summed E-state index contributed by atoms with van der Waals surface area (Å²) in [6, 6.07) is 7.15. The van der Waals surface area contributed by atoms with E-state index >= 15 is 0 Å². The molecular weight excluding hydrogens is 347 g/mol. The van der Waals surface area contributed by atoms with Crippen molar-refractivity contribution in [3.8, 4) is 11.5 Å². The van der Waals surface area contributed by atoms with E-state index < -0.39 is 17.3 Å². The number of alkyl halides is 3. The Morgan fingerprint density at radius 2 is 1.96 bits per heavy atom. The fourth-order valence-electron chi connectivity index (χ4n) is 3.23. The lowest BCUT2D eigenvalue weighted by atomic mass is 9.86. The highest BCUT2D eigenvalue weighted by molar-refractivity contribution is 5.97. The second-order valence-corrected chi connectivity index (χ2v) is 6.40. The molecule has 0 aromatic heterocycles. The average Bonchev–Trinajstić information content (AvgIpc) is 2.58. The molecule has 0 fully saturated rings. The molecule has 1 aliphatic carbocycles. The van der Waals surface area contributed by atoms with Gasteiger partial charge in [0, 0.05) is 16.5 Å². The number of rotatable bonds is 1. The zero-order valence-electron chi connectivity index (χ0n) is 13.5. The van der Waals surface area contributed by atoms with Crippen LogP contribution < -0.4 is 4.74 Å². The minimum Gasteiger partial charge on any atom is -0.508 e. The molecule has 4 nitrogen and oxygen atoms in total. The van der Waals surface area contributed by atoms with Gasteiger partial charge >= 0.3 is 6.18 Å². The van der Waals surface area contributed by atoms with E-state index in [0.717, 1.165) is 0 Å². The molecule has 1 N–H and O–H groups in total. The molecule has 1 heterocycles. The lowest BCUT2D eigenvalue weighted by Gasteiger charge is -2.30. The maximum absolute atomic E-state index is 13.8. The third-order valence-corrected chi connectivity index (χ3v) is 4.46. The van der Waals surface area contributed by atoms with Crippen molar-refractivity contribution in [1.82, 2.24) is 0 Å². The van der Waals surface area contributed by atoms with E-state index in [4.69, 9.17) is 4.74 Å². The van der Waals surface area contributed by atoms with Gasteiger partial charge in [-0.15, -0.1) is 4.91 Å². The van der Waals surface area contributed by atoms with Gasteiger partial charge in [0.25, 0.3) is 0 Å². The predicted molar refractivity (Wildman–Crippen MR) is 90.6 cm³/mol. The zero-order valence-corrected chi connectivity index (χ0v) is 13.5. The highest BCUT2D eigenvalue weighted by Gasteiger charge is 2.43. The molecule has 0 saturated heterocycles. The summed E-state index contributed by atoms with van der Waals surface area (Å²) in [4.78, 5) is 11.1. The first-order valence-corrected chi connectivity index (χ1v) is 7.74. The predicted octanol–water partition coefficient (Wildman–Crippen LogP) is 5.23. The second-order valence-electron chi connectivity index (χ2n) is 6.40. The Labute approximate surface area is 145 Å². The summed E-state index contributed by atoms with van der Waals surface area (Å²) in [6.07, 6.45) is -0.797. The third kappa shape index (κ3) is 2.39. The molecule has 4 rings (SSSR count). The molecule has 0 bridgehead atoms. The summed E-state index contributed by atoms with van der Waals surface area (Å²) in [6.45, 7) is 1.48. The van der Waals surface area contributed by atoms with E-state index in [1.165, 1.54) is 55.5 Å². The van der Waals surface area contributed by atoms with E-state index in [9.17, 15) is 23.2 Å². The normalized spacial score (nSPS) is 21.8. The molecule has 0 radical (unpaired) electrons. The van der Waals surface area contributed by atoms with Crippen molar-refractivity contribution < 1.29 is 23.0 Å². The molecule has 26 heavy (non-hydrogen) atoms. The SMILES string of the molecule is CC1(N=O)C=CC2=C(C(F)(F)F)c3ccc4cc(O)ccc4c3OC2=C1. The number of allylic oxidation sites excluding steroid dienone is 2. The summed E-state index contributed by atoms with van der Waals surface area (Å²) in [5, 5.41) is 13.5. The van der Waals surface area contributed by atoms with Crippen molar-refractivity contribution in [2.45, 2.75) is 18.6 Å². The quantitative estimate of drug-likeness (QED) is 0.709. The smallest absolute Gasteiger partial charge is 0.417 e. The van der Waals surface area contributed by atoms with Crippen molar-refractivity contribution in [2.24, 2.45) is 5.18 Å². The van der Waals surface area contributed by atoms with Crippen molar-refractivity contribution in [1.29, 1.82) is 0 Å². The minimum absolute atomic E-state index is 0.00178. The van der Waals surface area contributed by atoms with Crippen molar-refractivity contribution in [2.75, 3.05) is 0 Å². The molecule has 1 atom stereocenters. The number of halogens is 3. The lowest BCUT2D eigenvalue weighted by Crippen LogP contribution is -2.25. The Bertz CT molecular complexity index is 1050. The van der Waals surface area contributed by atoms with Crippen LogP contribution in [-0.4, -0.2) is 16.8 Å². The van der Waals surface area contributed by atoms with Gasteiger partial charge < -0.3 is 9.84 Å². The van der Waals surface area contributed by atoms with E-state index in [-0.39, 0.29) is 28.4 Å². The Kier molecular flexibility index (Phi) is 3.28. The number of hydrogen-bond donors (Lipinski definition) is 1. The number of ether oxygens (including phenoxy) is 1. The largest absolute Gasteiger partial charge is 0.508 e.